The van der Waals surface area contributed by atoms with Crippen molar-refractivity contribution in [2.45, 2.75) is 64.3 Å². The molecule has 0 saturated heterocycles. The van der Waals surface area contributed by atoms with Gasteiger partial charge in [0.25, 0.3) is 0 Å². The van der Waals surface area contributed by atoms with Crippen molar-refractivity contribution in [3.8, 4) is 0 Å². The first-order chi connectivity index (χ1) is 7.35. The zero-order chi connectivity index (χ0) is 10.3. The van der Waals surface area contributed by atoms with Gasteiger partial charge in [-0.3, -0.25) is 0 Å². The third kappa shape index (κ3) is 1.84. The van der Waals surface area contributed by atoms with Gasteiger partial charge in [-0.05, 0) is 55.9 Å². The number of hydrogen-bond acceptors (Lipinski definition) is 1. The van der Waals surface area contributed by atoms with E-state index in [1.807, 2.05) is 0 Å². The van der Waals surface area contributed by atoms with Crippen LogP contribution in [0, 0.1) is 17.3 Å². The standard InChI is InChI=1S/C14H25N/c1-2-11-5-3-4-8-14(11)9-12(14)10-15-13-6-7-13/h11-13,15H,2-10H2,1H3. The van der Waals surface area contributed by atoms with Crippen LogP contribution >= 0.6 is 0 Å². The minimum atomic E-state index is 0.814. The molecule has 15 heavy (non-hydrogen) atoms. The van der Waals surface area contributed by atoms with Crippen molar-refractivity contribution in [2.24, 2.45) is 17.3 Å². The molecule has 0 aromatic heterocycles. The minimum absolute atomic E-state index is 0.814. The first-order valence-electron chi connectivity index (χ1n) is 7.08. The van der Waals surface area contributed by atoms with E-state index < -0.39 is 0 Å². The zero-order valence-electron chi connectivity index (χ0n) is 10.1. The Labute approximate surface area is 94.0 Å². The molecule has 0 amide bonds. The average Bonchev–Trinajstić information content (AvgIpc) is 3.13. The van der Waals surface area contributed by atoms with Crippen LogP contribution in [0.3, 0.4) is 0 Å². The lowest BCUT2D eigenvalue weighted by Crippen LogP contribution is -2.27. The predicted octanol–water partition coefficient (Wildman–Crippen LogP) is 3.34. The van der Waals surface area contributed by atoms with E-state index in [0.717, 1.165) is 23.3 Å². The van der Waals surface area contributed by atoms with E-state index in [4.69, 9.17) is 0 Å². The quantitative estimate of drug-likeness (QED) is 0.745. The summed E-state index contributed by atoms with van der Waals surface area (Å²) in [5, 5.41) is 3.73. The van der Waals surface area contributed by atoms with E-state index in [1.54, 1.807) is 12.8 Å². The summed E-state index contributed by atoms with van der Waals surface area (Å²) in [7, 11) is 0. The number of nitrogens with one attached hydrogen (secondary N) is 1. The SMILES string of the molecule is CCC1CCCCC12CC2CNC1CC1. The second kappa shape index (κ2) is 3.76. The van der Waals surface area contributed by atoms with Crippen LogP contribution in [0.4, 0.5) is 0 Å². The minimum Gasteiger partial charge on any atom is -0.314 e. The van der Waals surface area contributed by atoms with E-state index in [0.29, 0.717) is 0 Å². The highest BCUT2D eigenvalue weighted by Crippen LogP contribution is 2.64. The van der Waals surface area contributed by atoms with Gasteiger partial charge in [-0.1, -0.05) is 26.2 Å². The fourth-order valence-electron chi connectivity index (χ4n) is 4.02. The highest BCUT2D eigenvalue weighted by molar-refractivity contribution is 5.08. The summed E-state index contributed by atoms with van der Waals surface area (Å²) in [5.41, 5.74) is 0.814. The molecule has 0 aromatic rings. The lowest BCUT2D eigenvalue weighted by molar-refractivity contribution is 0.185. The molecule has 3 aliphatic carbocycles. The second-order valence-corrected chi connectivity index (χ2v) is 6.17. The lowest BCUT2D eigenvalue weighted by atomic mass is 9.73. The molecule has 3 rings (SSSR count). The molecule has 86 valence electrons. The average molecular weight is 207 g/mol. The van der Waals surface area contributed by atoms with E-state index in [1.165, 1.54) is 45.1 Å². The maximum atomic E-state index is 3.73. The highest BCUT2D eigenvalue weighted by atomic mass is 15.0. The van der Waals surface area contributed by atoms with Crippen molar-refractivity contribution >= 4 is 0 Å². The normalized spacial score (nSPS) is 44.6. The molecule has 3 unspecified atom stereocenters. The van der Waals surface area contributed by atoms with Gasteiger partial charge in [-0.25, -0.2) is 0 Å². The van der Waals surface area contributed by atoms with Crippen molar-refractivity contribution in [2.75, 3.05) is 6.54 Å². The van der Waals surface area contributed by atoms with E-state index in [9.17, 15) is 0 Å². The topological polar surface area (TPSA) is 12.0 Å². The van der Waals surface area contributed by atoms with Crippen molar-refractivity contribution in [1.82, 2.24) is 5.32 Å². The Morgan fingerprint density at radius 2 is 2.00 bits per heavy atom. The van der Waals surface area contributed by atoms with Crippen LogP contribution in [0.5, 0.6) is 0 Å². The molecule has 3 fully saturated rings. The molecule has 0 radical (unpaired) electrons. The van der Waals surface area contributed by atoms with Gasteiger partial charge >= 0.3 is 0 Å². The van der Waals surface area contributed by atoms with Crippen LogP contribution in [0.2, 0.25) is 0 Å². The van der Waals surface area contributed by atoms with Gasteiger partial charge in [0.2, 0.25) is 0 Å². The third-order valence-electron chi connectivity index (χ3n) is 5.26. The van der Waals surface area contributed by atoms with Gasteiger partial charge < -0.3 is 5.32 Å². The van der Waals surface area contributed by atoms with Gasteiger partial charge in [0.05, 0.1) is 0 Å². The Morgan fingerprint density at radius 1 is 1.13 bits per heavy atom. The molecular formula is C14H25N. The largest absolute Gasteiger partial charge is 0.314 e. The second-order valence-electron chi connectivity index (χ2n) is 6.17. The summed E-state index contributed by atoms with van der Waals surface area (Å²) in [6.07, 6.45) is 11.9. The van der Waals surface area contributed by atoms with Gasteiger partial charge in [-0.15, -0.1) is 0 Å². The van der Waals surface area contributed by atoms with Crippen molar-refractivity contribution < 1.29 is 0 Å². The van der Waals surface area contributed by atoms with Crippen LogP contribution in [0.1, 0.15) is 58.3 Å². The fourth-order valence-corrected chi connectivity index (χ4v) is 4.02. The van der Waals surface area contributed by atoms with Gasteiger partial charge in [-0.2, -0.15) is 0 Å². The smallest absolute Gasteiger partial charge is 0.00683 e. The molecule has 3 aliphatic rings. The molecule has 1 spiro atoms. The molecular weight excluding hydrogens is 182 g/mol. The summed E-state index contributed by atoms with van der Waals surface area (Å²) in [4.78, 5) is 0. The number of rotatable bonds is 4. The van der Waals surface area contributed by atoms with Crippen molar-refractivity contribution in [1.29, 1.82) is 0 Å². The molecule has 0 aliphatic heterocycles. The first kappa shape index (κ1) is 10.1. The van der Waals surface area contributed by atoms with E-state index >= 15 is 0 Å². The van der Waals surface area contributed by atoms with Crippen LogP contribution in [0.25, 0.3) is 0 Å². The fraction of sp³-hybridized carbons (Fsp3) is 1.00. The Hall–Kier alpha value is -0.0400. The number of hydrogen-bond donors (Lipinski definition) is 1. The Bertz CT molecular complexity index is 231. The van der Waals surface area contributed by atoms with E-state index in [2.05, 4.69) is 12.2 Å². The molecule has 3 saturated carbocycles. The van der Waals surface area contributed by atoms with Gasteiger partial charge in [0, 0.05) is 6.04 Å². The lowest BCUT2D eigenvalue weighted by Gasteiger charge is -2.32. The summed E-state index contributed by atoms with van der Waals surface area (Å²) in [5.74, 6) is 2.11. The van der Waals surface area contributed by atoms with Crippen LogP contribution in [-0.2, 0) is 0 Å². The highest BCUT2D eigenvalue weighted by Gasteiger charge is 2.57. The summed E-state index contributed by atoms with van der Waals surface area (Å²) in [6, 6.07) is 0.909. The molecule has 0 aromatic carbocycles. The van der Waals surface area contributed by atoms with Gasteiger partial charge in [0.15, 0.2) is 0 Å². The van der Waals surface area contributed by atoms with Crippen LogP contribution in [0.15, 0.2) is 0 Å². The molecule has 1 nitrogen and oxygen atoms in total. The molecule has 1 N–H and O–H groups in total. The van der Waals surface area contributed by atoms with Crippen LogP contribution < -0.4 is 5.32 Å². The molecule has 0 heterocycles. The van der Waals surface area contributed by atoms with Crippen molar-refractivity contribution in [3.05, 3.63) is 0 Å². The van der Waals surface area contributed by atoms with Gasteiger partial charge in [0.1, 0.15) is 0 Å². The zero-order valence-corrected chi connectivity index (χ0v) is 10.1. The third-order valence-corrected chi connectivity index (χ3v) is 5.26. The Kier molecular flexibility index (Phi) is 2.54. The van der Waals surface area contributed by atoms with E-state index in [-0.39, 0.29) is 0 Å². The maximum Gasteiger partial charge on any atom is 0.00683 e. The monoisotopic (exact) mass is 207 g/mol. The molecule has 3 atom stereocenters. The first-order valence-corrected chi connectivity index (χ1v) is 7.08. The maximum absolute atomic E-state index is 3.73. The Morgan fingerprint density at radius 3 is 2.73 bits per heavy atom. The van der Waals surface area contributed by atoms with Crippen LogP contribution in [-0.4, -0.2) is 12.6 Å². The molecule has 0 bridgehead atoms. The predicted molar refractivity (Wildman–Crippen MR) is 63.8 cm³/mol. The summed E-state index contributed by atoms with van der Waals surface area (Å²) >= 11 is 0. The Balaban J connectivity index is 1.54. The molecule has 1 heteroatoms. The van der Waals surface area contributed by atoms with Crippen molar-refractivity contribution in [3.63, 3.8) is 0 Å². The summed E-state index contributed by atoms with van der Waals surface area (Å²) in [6.45, 7) is 3.74. The summed E-state index contributed by atoms with van der Waals surface area (Å²) < 4.78 is 0.